The summed E-state index contributed by atoms with van der Waals surface area (Å²) in [6.07, 6.45) is 2.90. The van der Waals surface area contributed by atoms with Gasteiger partial charge in [-0.2, -0.15) is 0 Å². The number of ketones is 1. The number of aryl methyl sites for hydroxylation is 2. The van der Waals surface area contributed by atoms with Crippen molar-refractivity contribution in [1.29, 1.82) is 0 Å². The normalized spacial score (nSPS) is 18.7. The van der Waals surface area contributed by atoms with Crippen molar-refractivity contribution in [2.24, 2.45) is 5.92 Å². The number of halogens is 1. The lowest BCUT2D eigenvalue weighted by molar-refractivity contribution is 0.0810. The zero-order chi connectivity index (χ0) is 17.1. The molecule has 1 atom stereocenters. The number of piperidine rings is 1. The Balaban J connectivity index is 1.67. The molecule has 24 heavy (non-hydrogen) atoms. The lowest BCUT2D eigenvalue weighted by Gasteiger charge is -2.31. The summed E-state index contributed by atoms with van der Waals surface area (Å²) in [5.41, 5.74) is 2.96. The first-order chi connectivity index (χ1) is 11.6. The molecule has 4 nitrogen and oxygen atoms in total. The quantitative estimate of drug-likeness (QED) is 0.832. The summed E-state index contributed by atoms with van der Waals surface area (Å²) in [6, 6.07) is 7.28. The maximum Gasteiger partial charge on any atom is 0.167 e. The molecule has 0 amide bonds. The van der Waals surface area contributed by atoms with Gasteiger partial charge in [-0.15, -0.1) is 0 Å². The molecule has 1 fully saturated rings. The minimum Gasteiger partial charge on any atom is -0.346 e. The summed E-state index contributed by atoms with van der Waals surface area (Å²) in [5, 5.41) is 0.618. The van der Waals surface area contributed by atoms with Crippen LogP contribution in [0.3, 0.4) is 0 Å². The second-order valence-electron chi connectivity index (χ2n) is 6.56. The van der Waals surface area contributed by atoms with E-state index in [1.54, 1.807) is 12.1 Å². The molecule has 1 aromatic heterocycles. The molecule has 1 aliphatic heterocycles. The third-order valence-corrected chi connectivity index (χ3v) is 4.96. The molecule has 2 heterocycles. The Morgan fingerprint density at radius 2 is 2.29 bits per heavy atom. The van der Waals surface area contributed by atoms with Crippen molar-refractivity contribution in [3.63, 3.8) is 0 Å². The molecule has 0 radical (unpaired) electrons. The van der Waals surface area contributed by atoms with Crippen LogP contribution in [0.4, 0.5) is 0 Å². The van der Waals surface area contributed by atoms with Gasteiger partial charge < -0.3 is 4.98 Å². The van der Waals surface area contributed by atoms with E-state index in [0.717, 1.165) is 61.7 Å². The number of hydrogen-bond donors (Lipinski definition) is 1. The van der Waals surface area contributed by atoms with Gasteiger partial charge in [-0.1, -0.05) is 30.7 Å². The van der Waals surface area contributed by atoms with Crippen molar-refractivity contribution in [2.45, 2.75) is 39.7 Å². The largest absolute Gasteiger partial charge is 0.346 e. The standard InChI is InChI=1S/C19H24ClN3O/c1-3-18-21-13(2)17(22-18)12-23-9-5-7-15(11-23)19(24)14-6-4-8-16(20)10-14/h4,6,8,10,15H,3,5,7,9,11-12H2,1-2H3,(H,21,22)/t15-/m0/s1. The molecule has 2 aromatic rings. The second kappa shape index (κ2) is 7.49. The summed E-state index contributed by atoms with van der Waals surface area (Å²) in [7, 11) is 0. The number of imidazole rings is 1. The van der Waals surface area contributed by atoms with E-state index >= 15 is 0 Å². The van der Waals surface area contributed by atoms with Crippen molar-refractivity contribution < 1.29 is 4.79 Å². The number of carbonyl (C=O) groups is 1. The molecule has 0 unspecified atom stereocenters. The van der Waals surface area contributed by atoms with Crippen molar-refractivity contribution in [1.82, 2.24) is 14.9 Å². The van der Waals surface area contributed by atoms with Gasteiger partial charge in [0.1, 0.15) is 5.82 Å². The van der Waals surface area contributed by atoms with Crippen molar-refractivity contribution >= 4 is 17.4 Å². The van der Waals surface area contributed by atoms with Crippen LogP contribution in [0.1, 0.15) is 47.3 Å². The molecular weight excluding hydrogens is 322 g/mol. The minimum atomic E-state index is 0.0436. The van der Waals surface area contributed by atoms with Gasteiger partial charge in [0.2, 0.25) is 0 Å². The van der Waals surface area contributed by atoms with E-state index in [9.17, 15) is 4.79 Å². The van der Waals surface area contributed by atoms with Crippen LogP contribution in [0, 0.1) is 12.8 Å². The molecule has 5 heteroatoms. The highest BCUT2D eigenvalue weighted by atomic mass is 35.5. The van der Waals surface area contributed by atoms with E-state index in [4.69, 9.17) is 11.6 Å². The van der Waals surface area contributed by atoms with Crippen LogP contribution in [0.2, 0.25) is 5.02 Å². The number of nitrogens with zero attached hydrogens (tertiary/aromatic N) is 2. The maximum atomic E-state index is 12.8. The summed E-state index contributed by atoms with van der Waals surface area (Å²) < 4.78 is 0. The predicted octanol–water partition coefficient (Wildman–Crippen LogP) is 4.03. The van der Waals surface area contributed by atoms with Crippen LogP contribution in [0.25, 0.3) is 0 Å². The molecule has 1 aromatic carbocycles. The number of aromatic nitrogens is 2. The van der Waals surface area contributed by atoms with E-state index in [2.05, 4.69) is 28.7 Å². The van der Waals surface area contributed by atoms with Crippen LogP contribution < -0.4 is 0 Å². The molecule has 0 saturated carbocycles. The number of aromatic amines is 1. The number of hydrogen-bond acceptors (Lipinski definition) is 3. The molecule has 1 N–H and O–H groups in total. The number of carbonyl (C=O) groups excluding carboxylic acids is 1. The van der Waals surface area contributed by atoms with Crippen LogP contribution in [0.15, 0.2) is 24.3 Å². The van der Waals surface area contributed by atoms with E-state index < -0.39 is 0 Å². The van der Waals surface area contributed by atoms with E-state index in [-0.39, 0.29) is 11.7 Å². The number of nitrogens with one attached hydrogen (secondary N) is 1. The van der Waals surface area contributed by atoms with Gasteiger partial charge in [-0.05, 0) is 38.4 Å². The average Bonchev–Trinajstić information content (AvgIpc) is 2.94. The topological polar surface area (TPSA) is 49.0 Å². The number of rotatable bonds is 5. The highest BCUT2D eigenvalue weighted by Crippen LogP contribution is 2.24. The van der Waals surface area contributed by atoms with Gasteiger partial charge in [0.25, 0.3) is 0 Å². The number of benzene rings is 1. The first-order valence-corrected chi connectivity index (χ1v) is 9.01. The van der Waals surface area contributed by atoms with Crippen molar-refractivity contribution in [3.05, 3.63) is 52.1 Å². The zero-order valence-electron chi connectivity index (χ0n) is 14.3. The molecule has 0 aliphatic carbocycles. The molecular formula is C19H24ClN3O. The highest BCUT2D eigenvalue weighted by Gasteiger charge is 2.27. The third-order valence-electron chi connectivity index (χ3n) is 4.73. The smallest absolute Gasteiger partial charge is 0.167 e. The third kappa shape index (κ3) is 3.87. The van der Waals surface area contributed by atoms with E-state index in [0.29, 0.717) is 5.02 Å². The highest BCUT2D eigenvalue weighted by molar-refractivity contribution is 6.31. The van der Waals surface area contributed by atoms with Gasteiger partial charge in [-0.25, -0.2) is 4.98 Å². The molecule has 0 spiro atoms. The minimum absolute atomic E-state index is 0.0436. The Morgan fingerprint density at radius 1 is 1.46 bits per heavy atom. The zero-order valence-corrected chi connectivity index (χ0v) is 15.1. The molecule has 128 valence electrons. The average molecular weight is 346 g/mol. The molecule has 1 aliphatic rings. The summed E-state index contributed by atoms with van der Waals surface area (Å²) in [4.78, 5) is 23.1. The Morgan fingerprint density at radius 3 is 3.00 bits per heavy atom. The number of Topliss-reactive ketones (excluding diaryl/α,β-unsaturated/α-hetero) is 1. The fraction of sp³-hybridized carbons (Fsp3) is 0.474. The van der Waals surface area contributed by atoms with Crippen LogP contribution in [0.5, 0.6) is 0 Å². The lowest BCUT2D eigenvalue weighted by Crippen LogP contribution is -2.38. The first-order valence-electron chi connectivity index (χ1n) is 8.63. The van der Waals surface area contributed by atoms with Crippen LogP contribution in [-0.4, -0.2) is 33.7 Å². The fourth-order valence-corrected chi connectivity index (χ4v) is 3.58. The first kappa shape index (κ1) is 17.2. The Bertz CT molecular complexity index is 725. The predicted molar refractivity (Wildman–Crippen MR) is 96.5 cm³/mol. The summed E-state index contributed by atoms with van der Waals surface area (Å²) >= 11 is 6.02. The lowest BCUT2D eigenvalue weighted by atomic mass is 9.90. The number of likely N-dealkylation sites (tertiary alicyclic amines) is 1. The summed E-state index contributed by atoms with van der Waals surface area (Å²) in [6.45, 7) is 6.79. The SMILES string of the molecule is CCc1nc(CN2CCC[C@H](C(=O)c3cccc(Cl)c3)C2)c(C)[nH]1. The van der Waals surface area contributed by atoms with Crippen LogP contribution >= 0.6 is 11.6 Å². The van der Waals surface area contributed by atoms with Gasteiger partial charge in [-0.3, -0.25) is 9.69 Å². The Hall–Kier alpha value is -1.65. The second-order valence-corrected chi connectivity index (χ2v) is 6.99. The van der Waals surface area contributed by atoms with Crippen molar-refractivity contribution in [2.75, 3.05) is 13.1 Å². The maximum absolute atomic E-state index is 12.8. The van der Waals surface area contributed by atoms with E-state index in [1.807, 2.05) is 12.1 Å². The monoisotopic (exact) mass is 345 g/mol. The van der Waals surface area contributed by atoms with Crippen molar-refractivity contribution in [3.8, 4) is 0 Å². The van der Waals surface area contributed by atoms with Gasteiger partial charge in [0, 0.05) is 41.7 Å². The van der Waals surface area contributed by atoms with Gasteiger partial charge in [0.15, 0.2) is 5.78 Å². The Kier molecular flexibility index (Phi) is 5.36. The van der Waals surface area contributed by atoms with Gasteiger partial charge >= 0.3 is 0 Å². The molecule has 3 rings (SSSR count). The number of H-pyrrole nitrogens is 1. The summed E-state index contributed by atoms with van der Waals surface area (Å²) in [5.74, 6) is 1.28. The fourth-order valence-electron chi connectivity index (χ4n) is 3.39. The van der Waals surface area contributed by atoms with E-state index in [1.165, 1.54) is 0 Å². The van der Waals surface area contributed by atoms with Crippen LogP contribution in [-0.2, 0) is 13.0 Å². The molecule has 1 saturated heterocycles. The van der Waals surface area contributed by atoms with Gasteiger partial charge in [0.05, 0.1) is 5.69 Å². The Labute approximate surface area is 148 Å². The molecule has 0 bridgehead atoms.